The van der Waals surface area contributed by atoms with E-state index in [1.807, 2.05) is 0 Å². The fourth-order valence-corrected chi connectivity index (χ4v) is 5.09. The van der Waals surface area contributed by atoms with Crippen molar-refractivity contribution in [3.05, 3.63) is 18.2 Å². The Morgan fingerprint density at radius 1 is 1.29 bits per heavy atom. The Balaban J connectivity index is 1.76. The van der Waals surface area contributed by atoms with Gasteiger partial charge < -0.3 is 5.32 Å². The summed E-state index contributed by atoms with van der Waals surface area (Å²) in [4.78, 5) is 12.6. The Hall–Kier alpha value is -2.00. The first-order chi connectivity index (χ1) is 13.5. The first-order valence-corrected chi connectivity index (χ1v) is 11.5. The molecule has 1 atom stereocenters. The molecule has 0 bridgehead atoms. The number of rotatable bonds is 8. The molecule has 154 valence electrons. The Labute approximate surface area is 166 Å². The van der Waals surface area contributed by atoms with Crippen LogP contribution in [0.15, 0.2) is 23.1 Å². The van der Waals surface area contributed by atoms with E-state index >= 15 is 0 Å². The molecule has 0 spiro atoms. The van der Waals surface area contributed by atoms with Gasteiger partial charge in [-0.05, 0) is 43.9 Å². The summed E-state index contributed by atoms with van der Waals surface area (Å²) in [6.07, 6.45) is 4.26. The number of nitrogens with zero attached hydrogens (tertiary/aromatic N) is 4. The van der Waals surface area contributed by atoms with E-state index in [2.05, 4.69) is 29.5 Å². The molecule has 1 fully saturated rings. The molecule has 0 unspecified atom stereocenters. The number of unbranched alkanes of at least 4 members (excludes halogenated alkanes) is 1. The summed E-state index contributed by atoms with van der Waals surface area (Å²) in [5.41, 5.74) is 1.40. The molecule has 8 nitrogen and oxygen atoms in total. The lowest BCUT2D eigenvalue weighted by atomic mass is 9.99. The van der Waals surface area contributed by atoms with Crippen LogP contribution in [-0.4, -0.2) is 53.3 Å². The number of amides is 1. The van der Waals surface area contributed by atoms with Gasteiger partial charge in [-0.1, -0.05) is 25.5 Å². The fraction of sp³-hybridized carbons (Fsp3) is 0.632. The van der Waals surface area contributed by atoms with E-state index in [0.717, 1.165) is 31.3 Å². The van der Waals surface area contributed by atoms with Crippen LogP contribution >= 0.6 is 0 Å². The second kappa shape index (κ2) is 9.00. The summed E-state index contributed by atoms with van der Waals surface area (Å²) in [6.45, 7) is 6.16. The van der Waals surface area contributed by atoms with Crippen molar-refractivity contribution in [2.24, 2.45) is 5.92 Å². The molecule has 1 saturated heterocycles. The van der Waals surface area contributed by atoms with Gasteiger partial charge in [0.05, 0.1) is 16.3 Å². The number of hydrogen-bond donors (Lipinski definition) is 1. The Morgan fingerprint density at radius 2 is 2.11 bits per heavy atom. The van der Waals surface area contributed by atoms with Crippen molar-refractivity contribution in [1.29, 1.82) is 0 Å². The lowest BCUT2D eigenvalue weighted by molar-refractivity contribution is -0.126. The number of piperidine rings is 1. The maximum absolute atomic E-state index is 13.1. The molecule has 3 rings (SSSR count). The Morgan fingerprint density at radius 3 is 2.86 bits per heavy atom. The molecule has 9 heteroatoms. The molecular weight excluding hydrogens is 378 g/mol. The minimum absolute atomic E-state index is 0.0497. The zero-order valence-corrected chi connectivity index (χ0v) is 17.4. The van der Waals surface area contributed by atoms with Crippen LogP contribution in [0.3, 0.4) is 0 Å². The highest BCUT2D eigenvalue weighted by Gasteiger charge is 2.33. The summed E-state index contributed by atoms with van der Waals surface area (Å²) in [6, 6.07) is 4.95. The predicted molar refractivity (Wildman–Crippen MR) is 107 cm³/mol. The van der Waals surface area contributed by atoms with Crippen LogP contribution in [0.4, 0.5) is 0 Å². The highest BCUT2D eigenvalue weighted by molar-refractivity contribution is 7.89. The predicted octanol–water partition coefficient (Wildman–Crippen LogP) is 2.16. The first kappa shape index (κ1) is 20.7. The molecule has 1 aliphatic rings. The van der Waals surface area contributed by atoms with Crippen molar-refractivity contribution >= 4 is 27.0 Å². The largest absolute Gasteiger partial charge is 0.356 e. The molecular formula is C19H29N5O3S. The van der Waals surface area contributed by atoms with Gasteiger partial charge in [-0.2, -0.15) is 4.31 Å². The monoisotopic (exact) mass is 407 g/mol. The first-order valence-electron chi connectivity index (χ1n) is 10.1. The van der Waals surface area contributed by atoms with Gasteiger partial charge in [0.2, 0.25) is 15.9 Å². The van der Waals surface area contributed by atoms with Gasteiger partial charge in [0.25, 0.3) is 0 Å². The number of sulfonamides is 1. The maximum atomic E-state index is 13.1. The number of benzene rings is 1. The van der Waals surface area contributed by atoms with E-state index < -0.39 is 10.0 Å². The van der Waals surface area contributed by atoms with Gasteiger partial charge in [0.15, 0.2) is 0 Å². The standard InChI is InChI=1S/C19H29N5O3S/c1-3-5-10-20-19(25)15-7-6-12-23(14-15)28(26,27)16-8-9-18-17(13-16)21-22-24(18)11-4-2/h8-9,13,15H,3-7,10-12,14H2,1-2H3,(H,20,25)/t15-/m1/s1. The number of aromatic nitrogens is 3. The third-order valence-electron chi connectivity index (χ3n) is 5.14. The smallest absolute Gasteiger partial charge is 0.243 e. The van der Waals surface area contributed by atoms with Gasteiger partial charge in [-0.25, -0.2) is 13.1 Å². The molecule has 0 aliphatic carbocycles. The summed E-state index contributed by atoms with van der Waals surface area (Å²) >= 11 is 0. The van der Waals surface area contributed by atoms with Gasteiger partial charge >= 0.3 is 0 Å². The van der Waals surface area contributed by atoms with Crippen LogP contribution in [0.2, 0.25) is 0 Å². The Kier molecular flexibility index (Phi) is 6.66. The molecule has 0 saturated carbocycles. The van der Waals surface area contributed by atoms with Gasteiger partial charge in [0, 0.05) is 26.2 Å². The second-order valence-electron chi connectivity index (χ2n) is 7.31. The van der Waals surface area contributed by atoms with Crippen LogP contribution in [-0.2, 0) is 21.4 Å². The zero-order valence-electron chi connectivity index (χ0n) is 16.6. The highest BCUT2D eigenvalue weighted by atomic mass is 32.2. The third-order valence-corrected chi connectivity index (χ3v) is 7.00. The van der Waals surface area contributed by atoms with Crippen LogP contribution in [0, 0.1) is 5.92 Å². The van der Waals surface area contributed by atoms with Gasteiger partial charge in [-0.15, -0.1) is 5.10 Å². The SMILES string of the molecule is CCCCNC(=O)[C@@H]1CCCN(S(=O)(=O)c2ccc3c(c2)nnn3CCC)C1. The molecule has 1 amide bonds. The second-order valence-corrected chi connectivity index (χ2v) is 9.25. The average molecular weight is 408 g/mol. The number of aryl methyl sites for hydroxylation is 1. The van der Waals surface area contributed by atoms with E-state index in [1.165, 1.54) is 4.31 Å². The molecule has 1 aromatic carbocycles. The van der Waals surface area contributed by atoms with Crippen LogP contribution in [0.5, 0.6) is 0 Å². The quantitative estimate of drug-likeness (QED) is 0.676. The number of fused-ring (bicyclic) bond motifs is 1. The summed E-state index contributed by atoms with van der Waals surface area (Å²) in [5.74, 6) is -0.346. The van der Waals surface area contributed by atoms with Crippen LogP contribution in [0.25, 0.3) is 11.0 Å². The summed E-state index contributed by atoms with van der Waals surface area (Å²) in [7, 11) is -3.67. The van der Waals surface area contributed by atoms with Crippen LogP contribution < -0.4 is 5.32 Å². The average Bonchev–Trinajstić information content (AvgIpc) is 3.11. The third kappa shape index (κ3) is 4.35. The number of hydrogen-bond acceptors (Lipinski definition) is 5. The summed E-state index contributed by atoms with van der Waals surface area (Å²) < 4.78 is 29.5. The van der Waals surface area contributed by atoms with E-state index in [4.69, 9.17) is 0 Å². The lowest BCUT2D eigenvalue weighted by Gasteiger charge is -2.31. The number of carbonyl (C=O) groups is 1. The van der Waals surface area contributed by atoms with E-state index in [1.54, 1.807) is 22.9 Å². The lowest BCUT2D eigenvalue weighted by Crippen LogP contribution is -2.45. The van der Waals surface area contributed by atoms with Crippen molar-refractivity contribution in [3.63, 3.8) is 0 Å². The van der Waals surface area contributed by atoms with Crippen molar-refractivity contribution in [1.82, 2.24) is 24.6 Å². The normalized spacial score (nSPS) is 18.4. The van der Waals surface area contributed by atoms with E-state index in [9.17, 15) is 13.2 Å². The maximum Gasteiger partial charge on any atom is 0.243 e. The van der Waals surface area contributed by atoms with Crippen molar-refractivity contribution in [3.8, 4) is 0 Å². The molecule has 0 radical (unpaired) electrons. The minimum Gasteiger partial charge on any atom is -0.356 e. The van der Waals surface area contributed by atoms with Crippen molar-refractivity contribution < 1.29 is 13.2 Å². The molecule has 1 aliphatic heterocycles. The number of nitrogens with one attached hydrogen (secondary N) is 1. The van der Waals surface area contributed by atoms with Crippen molar-refractivity contribution in [2.45, 2.75) is 57.4 Å². The molecule has 1 N–H and O–H groups in total. The Bertz CT molecular complexity index is 925. The van der Waals surface area contributed by atoms with Crippen LogP contribution in [0.1, 0.15) is 46.0 Å². The van der Waals surface area contributed by atoms with E-state index in [0.29, 0.717) is 31.4 Å². The van der Waals surface area contributed by atoms with Gasteiger partial charge in [0.1, 0.15) is 5.52 Å². The molecule has 1 aromatic heterocycles. The summed E-state index contributed by atoms with van der Waals surface area (Å²) in [5, 5.41) is 11.1. The van der Waals surface area contributed by atoms with E-state index in [-0.39, 0.29) is 23.3 Å². The zero-order chi connectivity index (χ0) is 20.1. The van der Waals surface area contributed by atoms with Crippen molar-refractivity contribution in [2.75, 3.05) is 19.6 Å². The van der Waals surface area contributed by atoms with Gasteiger partial charge in [-0.3, -0.25) is 4.79 Å². The molecule has 2 aromatic rings. The minimum atomic E-state index is -3.67. The molecule has 2 heterocycles. The fourth-order valence-electron chi connectivity index (χ4n) is 3.55. The number of carbonyl (C=O) groups excluding carboxylic acids is 1. The topological polar surface area (TPSA) is 97.2 Å². The highest BCUT2D eigenvalue weighted by Crippen LogP contribution is 2.26. The molecule has 28 heavy (non-hydrogen) atoms.